The van der Waals surface area contributed by atoms with Gasteiger partial charge in [-0.1, -0.05) is 24.0 Å². The molecule has 0 spiro atoms. The average Bonchev–Trinajstić information content (AvgIpc) is 2.88. The van der Waals surface area contributed by atoms with E-state index in [1.165, 1.54) is 10.5 Å². The molecule has 0 radical (unpaired) electrons. The molecule has 1 heterocycles. The first kappa shape index (κ1) is 27.0. The summed E-state index contributed by atoms with van der Waals surface area (Å²) < 4.78 is 5.49. The van der Waals surface area contributed by atoms with Gasteiger partial charge in [-0.3, -0.25) is 0 Å². The standard InChI is InChI=1S/C28H38N4O2S/c1-21(7-6-14-29-27-11-10-24(35-4)20-28(27)34-3)19-25-22(2)8-5-9-26(25)31-30-23-12-15-32(16-13-23)17-18-33/h5,8-11,19-20,23,29-31,33H,12-18H2,1-4H3/b21-19+. The van der Waals surface area contributed by atoms with Crippen molar-refractivity contribution in [2.75, 3.05) is 56.9 Å². The van der Waals surface area contributed by atoms with Crippen molar-refractivity contribution < 1.29 is 9.84 Å². The quantitative estimate of drug-likeness (QED) is 0.218. The third-order valence-corrected chi connectivity index (χ3v) is 6.89. The first-order chi connectivity index (χ1) is 17.0. The Morgan fingerprint density at radius 3 is 2.74 bits per heavy atom. The smallest absolute Gasteiger partial charge is 0.143 e. The maximum absolute atomic E-state index is 9.13. The van der Waals surface area contributed by atoms with Crippen LogP contribution in [0, 0.1) is 18.8 Å². The van der Waals surface area contributed by atoms with Crippen LogP contribution in [0.15, 0.2) is 46.9 Å². The summed E-state index contributed by atoms with van der Waals surface area (Å²) in [7, 11) is 1.69. The van der Waals surface area contributed by atoms with Gasteiger partial charge < -0.3 is 25.5 Å². The molecule has 0 saturated carbocycles. The summed E-state index contributed by atoms with van der Waals surface area (Å²) >= 11 is 1.69. The van der Waals surface area contributed by atoms with Crippen molar-refractivity contribution in [1.82, 2.24) is 10.3 Å². The van der Waals surface area contributed by atoms with Crippen molar-refractivity contribution in [2.45, 2.75) is 37.6 Å². The van der Waals surface area contributed by atoms with E-state index in [2.05, 4.69) is 76.4 Å². The fraction of sp³-hybridized carbons (Fsp3) is 0.429. The van der Waals surface area contributed by atoms with Gasteiger partial charge in [0.2, 0.25) is 0 Å². The van der Waals surface area contributed by atoms with E-state index in [9.17, 15) is 0 Å². The summed E-state index contributed by atoms with van der Waals surface area (Å²) in [4.78, 5) is 3.48. The maximum atomic E-state index is 9.13. The molecule has 0 aromatic heterocycles. The third kappa shape index (κ3) is 8.22. The van der Waals surface area contributed by atoms with Gasteiger partial charge in [-0.25, -0.2) is 5.43 Å². The van der Waals surface area contributed by atoms with E-state index in [1.54, 1.807) is 18.9 Å². The number of aryl methyl sites for hydroxylation is 1. The fourth-order valence-corrected chi connectivity index (χ4v) is 4.55. The van der Waals surface area contributed by atoms with E-state index < -0.39 is 0 Å². The predicted octanol–water partition coefficient (Wildman–Crippen LogP) is 4.62. The van der Waals surface area contributed by atoms with Crippen molar-refractivity contribution in [2.24, 2.45) is 0 Å². The highest BCUT2D eigenvalue weighted by Gasteiger charge is 2.18. The number of aliphatic hydroxyl groups excluding tert-OH is 1. The zero-order valence-corrected chi connectivity index (χ0v) is 22.1. The number of hydrazine groups is 1. The zero-order valence-electron chi connectivity index (χ0n) is 21.3. The van der Waals surface area contributed by atoms with Crippen LogP contribution in [0.5, 0.6) is 5.75 Å². The van der Waals surface area contributed by atoms with Gasteiger partial charge in [0.1, 0.15) is 5.75 Å². The number of piperidine rings is 1. The number of ether oxygens (including phenoxy) is 1. The Morgan fingerprint density at radius 1 is 1.23 bits per heavy atom. The van der Waals surface area contributed by atoms with Gasteiger partial charge in [-0.15, -0.1) is 11.8 Å². The number of β-amino-alcohol motifs (C(OH)–C–C–N with tert-alkyl or cyclic N) is 1. The molecule has 0 bridgehead atoms. The van der Waals surface area contributed by atoms with Crippen LogP contribution in [0.25, 0.3) is 6.08 Å². The summed E-state index contributed by atoms with van der Waals surface area (Å²) in [5.74, 6) is 7.32. The molecule has 0 unspecified atom stereocenters. The van der Waals surface area contributed by atoms with Gasteiger partial charge in [0.05, 0.1) is 31.6 Å². The van der Waals surface area contributed by atoms with Crippen LogP contribution in [0.3, 0.4) is 0 Å². The number of nitrogens with zero attached hydrogens (tertiary/aromatic N) is 1. The van der Waals surface area contributed by atoms with Crippen molar-refractivity contribution in [1.29, 1.82) is 0 Å². The number of nitrogens with one attached hydrogen (secondary N) is 3. The highest BCUT2D eigenvalue weighted by atomic mass is 32.2. The van der Waals surface area contributed by atoms with Crippen LogP contribution in [-0.4, -0.2) is 62.2 Å². The molecule has 2 aromatic rings. The Bertz CT molecular complexity index is 1050. The average molecular weight is 495 g/mol. The number of aliphatic hydroxyl groups is 1. The summed E-state index contributed by atoms with van der Waals surface area (Å²) in [6.07, 6.45) is 6.32. The molecular formula is C28H38N4O2S. The molecule has 3 rings (SSSR count). The molecule has 188 valence electrons. The van der Waals surface area contributed by atoms with Crippen molar-refractivity contribution in [3.05, 3.63) is 53.1 Å². The van der Waals surface area contributed by atoms with E-state index in [4.69, 9.17) is 9.84 Å². The van der Waals surface area contributed by atoms with Crippen molar-refractivity contribution in [3.63, 3.8) is 0 Å². The number of anilines is 2. The second-order valence-electron chi connectivity index (χ2n) is 8.69. The van der Waals surface area contributed by atoms with Gasteiger partial charge in [0.25, 0.3) is 0 Å². The Hall–Kier alpha value is -2.63. The summed E-state index contributed by atoms with van der Waals surface area (Å²) in [6, 6.07) is 12.8. The molecule has 4 N–H and O–H groups in total. The summed E-state index contributed by atoms with van der Waals surface area (Å²) in [6.45, 7) is 7.72. The number of thioether (sulfide) groups is 1. The first-order valence-corrected chi connectivity index (χ1v) is 13.3. The molecule has 6 nitrogen and oxygen atoms in total. The van der Waals surface area contributed by atoms with Crippen LogP contribution in [-0.2, 0) is 0 Å². The molecule has 0 amide bonds. The largest absolute Gasteiger partial charge is 0.495 e. The molecule has 1 saturated heterocycles. The lowest BCUT2D eigenvalue weighted by molar-refractivity contribution is 0.158. The van der Waals surface area contributed by atoms with Crippen LogP contribution in [0.1, 0.15) is 30.9 Å². The Balaban J connectivity index is 1.59. The fourth-order valence-electron chi connectivity index (χ4n) is 4.12. The van der Waals surface area contributed by atoms with Crippen LogP contribution in [0.4, 0.5) is 11.4 Å². The van der Waals surface area contributed by atoms with E-state index in [1.807, 2.05) is 19.1 Å². The summed E-state index contributed by atoms with van der Waals surface area (Å²) in [5, 5.41) is 12.5. The van der Waals surface area contributed by atoms with E-state index in [0.29, 0.717) is 12.6 Å². The van der Waals surface area contributed by atoms with E-state index in [-0.39, 0.29) is 6.61 Å². The Morgan fingerprint density at radius 2 is 2.03 bits per heavy atom. The highest BCUT2D eigenvalue weighted by Crippen LogP contribution is 2.29. The second-order valence-corrected chi connectivity index (χ2v) is 9.57. The lowest BCUT2D eigenvalue weighted by Crippen LogP contribution is -2.45. The minimum absolute atomic E-state index is 0.229. The van der Waals surface area contributed by atoms with Crippen LogP contribution >= 0.6 is 11.8 Å². The molecule has 35 heavy (non-hydrogen) atoms. The number of allylic oxidation sites excluding steroid dienone is 1. The predicted molar refractivity (Wildman–Crippen MR) is 149 cm³/mol. The Kier molecular flexibility index (Phi) is 10.8. The zero-order chi connectivity index (χ0) is 25.0. The van der Waals surface area contributed by atoms with Crippen LogP contribution < -0.4 is 20.9 Å². The van der Waals surface area contributed by atoms with Crippen molar-refractivity contribution >= 4 is 29.2 Å². The number of benzene rings is 2. The maximum Gasteiger partial charge on any atom is 0.143 e. The number of methoxy groups -OCH3 is 1. The molecule has 0 atom stereocenters. The second kappa shape index (κ2) is 14.1. The highest BCUT2D eigenvalue weighted by molar-refractivity contribution is 7.98. The third-order valence-electron chi connectivity index (χ3n) is 6.16. The van der Waals surface area contributed by atoms with Gasteiger partial charge in [0, 0.05) is 23.0 Å². The molecule has 1 aliphatic rings. The topological polar surface area (TPSA) is 68.8 Å². The molecule has 7 heteroatoms. The monoisotopic (exact) mass is 494 g/mol. The lowest BCUT2D eigenvalue weighted by atomic mass is 10.0. The van der Waals surface area contributed by atoms with Gasteiger partial charge in [-0.05, 0) is 87.5 Å². The normalized spacial score (nSPS) is 14.8. The van der Waals surface area contributed by atoms with E-state index in [0.717, 1.165) is 60.7 Å². The molecular weight excluding hydrogens is 456 g/mol. The molecule has 2 aromatic carbocycles. The number of rotatable bonds is 10. The minimum atomic E-state index is 0.229. The number of hydrogen-bond donors (Lipinski definition) is 4. The van der Waals surface area contributed by atoms with Crippen molar-refractivity contribution in [3.8, 4) is 17.6 Å². The van der Waals surface area contributed by atoms with E-state index >= 15 is 0 Å². The lowest BCUT2D eigenvalue weighted by Gasteiger charge is -2.32. The van der Waals surface area contributed by atoms with Gasteiger partial charge in [0.15, 0.2) is 0 Å². The molecule has 1 aliphatic heterocycles. The van der Waals surface area contributed by atoms with Crippen LogP contribution in [0.2, 0.25) is 0 Å². The molecule has 1 fully saturated rings. The SMILES string of the molecule is COc1cc(SC)ccc1NCC#C/C(C)=C/c1c(C)cccc1NNC1CCN(CCO)CC1. The summed E-state index contributed by atoms with van der Waals surface area (Å²) in [5.41, 5.74) is 12.3. The Labute approximate surface area is 214 Å². The van der Waals surface area contributed by atoms with Gasteiger partial charge in [-0.2, -0.15) is 0 Å². The minimum Gasteiger partial charge on any atom is -0.495 e. The molecule has 0 aliphatic carbocycles. The van der Waals surface area contributed by atoms with Gasteiger partial charge >= 0.3 is 0 Å². The first-order valence-electron chi connectivity index (χ1n) is 12.1. The number of likely N-dealkylation sites (tertiary alicyclic amines) is 1. The number of hydrogen-bond acceptors (Lipinski definition) is 7.